The summed E-state index contributed by atoms with van der Waals surface area (Å²) in [7, 11) is 0. The first kappa shape index (κ1) is 22.3. The summed E-state index contributed by atoms with van der Waals surface area (Å²) in [5.74, 6) is 1.68. The van der Waals surface area contributed by atoms with Crippen LogP contribution < -0.4 is 10.1 Å². The van der Waals surface area contributed by atoms with Crippen LogP contribution in [0.15, 0.2) is 48.3 Å². The molecule has 4 aliphatic carbocycles. The van der Waals surface area contributed by atoms with Gasteiger partial charge in [-0.15, -0.1) is 0 Å². The van der Waals surface area contributed by atoms with E-state index in [4.69, 9.17) is 4.74 Å². The van der Waals surface area contributed by atoms with Crippen molar-refractivity contribution in [3.63, 3.8) is 0 Å². The average Bonchev–Trinajstić information content (AvgIpc) is 3.14. The largest absolute Gasteiger partial charge is 0.492 e. The van der Waals surface area contributed by atoms with Gasteiger partial charge in [-0.25, -0.2) is 0 Å². The van der Waals surface area contributed by atoms with Gasteiger partial charge >= 0.3 is 0 Å². The zero-order valence-electron chi connectivity index (χ0n) is 19.5. The van der Waals surface area contributed by atoms with E-state index in [2.05, 4.69) is 24.1 Å². The van der Waals surface area contributed by atoms with Gasteiger partial charge in [-0.05, 0) is 73.6 Å². The Hall–Kier alpha value is -2.47. The lowest BCUT2D eigenvalue weighted by Crippen LogP contribution is -2.57. The fourth-order valence-electron chi connectivity index (χ4n) is 7.66. The maximum atomic E-state index is 13.2. The zero-order valence-corrected chi connectivity index (χ0v) is 19.5. The maximum absolute atomic E-state index is 13.2. The van der Waals surface area contributed by atoms with Crippen molar-refractivity contribution >= 4 is 11.7 Å². The Morgan fingerprint density at radius 1 is 1.24 bits per heavy atom. The van der Waals surface area contributed by atoms with E-state index in [1.807, 2.05) is 6.08 Å². The molecule has 5 rings (SSSR count). The van der Waals surface area contributed by atoms with E-state index in [-0.39, 0.29) is 34.4 Å². The van der Waals surface area contributed by atoms with Gasteiger partial charge in [0, 0.05) is 29.6 Å². The molecule has 3 saturated carbocycles. The number of carbonyl (C=O) groups excluding carboxylic acids is 2. The van der Waals surface area contributed by atoms with Crippen LogP contribution in [-0.2, 0) is 9.59 Å². The molecule has 0 saturated heterocycles. The molecule has 1 aromatic rings. The summed E-state index contributed by atoms with van der Waals surface area (Å²) in [5.41, 5.74) is 0.699. The van der Waals surface area contributed by atoms with Crippen LogP contribution in [0.4, 0.5) is 0 Å². The van der Waals surface area contributed by atoms with Crippen LogP contribution in [-0.4, -0.2) is 41.0 Å². The molecule has 0 radical (unpaired) electrons. The minimum Gasteiger partial charge on any atom is -0.492 e. The molecule has 4 aliphatic rings. The second kappa shape index (κ2) is 8.39. The van der Waals surface area contributed by atoms with Crippen molar-refractivity contribution < 1.29 is 19.4 Å². The van der Waals surface area contributed by atoms with E-state index < -0.39 is 6.10 Å². The maximum Gasteiger partial charge on any atom is 0.223 e. The number of ketones is 1. The van der Waals surface area contributed by atoms with Gasteiger partial charge in [0.15, 0.2) is 5.78 Å². The topological polar surface area (TPSA) is 88.5 Å². The Morgan fingerprint density at radius 3 is 2.82 bits per heavy atom. The van der Waals surface area contributed by atoms with E-state index in [0.29, 0.717) is 31.4 Å². The summed E-state index contributed by atoms with van der Waals surface area (Å²) < 4.78 is 5.68. The summed E-state index contributed by atoms with van der Waals surface area (Å²) in [6, 6.07) is 3.60. The van der Waals surface area contributed by atoms with Crippen molar-refractivity contribution in [2.24, 2.45) is 34.5 Å². The number of hydrogen-bond donors (Lipinski definition) is 2. The molecule has 1 heterocycles. The van der Waals surface area contributed by atoms with E-state index >= 15 is 0 Å². The van der Waals surface area contributed by atoms with Crippen molar-refractivity contribution in [1.29, 1.82) is 0 Å². The molecule has 6 nitrogen and oxygen atoms in total. The number of fused-ring (bicyclic) bond motifs is 5. The number of carbonyl (C=O) groups is 2. The highest BCUT2D eigenvalue weighted by atomic mass is 16.5. The second-order valence-electron chi connectivity index (χ2n) is 10.8. The van der Waals surface area contributed by atoms with Gasteiger partial charge in [0.1, 0.15) is 12.4 Å². The summed E-state index contributed by atoms with van der Waals surface area (Å²) in [6.45, 7) is 5.27. The number of allylic oxidation sites excluding steroid dienone is 4. The van der Waals surface area contributed by atoms with Crippen molar-refractivity contribution in [1.82, 2.24) is 10.3 Å². The molecular formula is C27H34N2O4. The molecule has 7 unspecified atom stereocenters. The second-order valence-corrected chi connectivity index (χ2v) is 10.8. The molecule has 0 aliphatic heterocycles. The number of nitrogens with zero attached hydrogens (tertiary/aromatic N) is 1. The van der Waals surface area contributed by atoms with Crippen LogP contribution in [0, 0.1) is 34.5 Å². The third-order valence-electron chi connectivity index (χ3n) is 9.13. The SMILES string of the molecule is CC12C=CC(=O)C=C1CCC1C2C(O)CC2(C)C(C(=O)NCCOc3ccncc3)CCC12. The first-order valence-electron chi connectivity index (χ1n) is 12.3. The number of rotatable bonds is 5. The van der Waals surface area contributed by atoms with Crippen LogP contribution in [0.5, 0.6) is 5.75 Å². The van der Waals surface area contributed by atoms with Crippen molar-refractivity contribution in [2.45, 2.75) is 52.1 Å². The minimum atomic E-state index is -0.480. The number of ether oxygens (including phenoxy) is 1. The summed E-state index contributed by atoms with van der Waals surface area (Å²) in [6.07, 6.45) is 12.8. The number of amides is 1. The monoisotopic (exact) mass is 450 g/mol. The molecule has 1 amide bonds. The van der Waals surface area contributed by atoms with Crippen molar-refractivity contribution in [2.75, 3.05) is 13.2 Å². The molecule has 6 heteroatoms. The Morgan fingerprint density at radius 2 is 2.03 bits per heavy atom. The normalized spacial score (nSPS) is 39.2. The van der Waals surface area contributed by atoms with Gasteiger partial charge in [-0.1, -0.05) is 25.5 Å². The first-order valence-corrected chi connectivity index (χ1v) is 12.3. The lowest BCUT2D eigenvalue weighted by atomic mass is 9.47. The summed E-state index contributed by atoms with van der Waals surface area (Å²) in [5, 5.41) is 14.5. The van der Waals surface area contributed by atoms with Gasteiger partial charge in [-0.2, -0.15) is 0 Å². The van der Waals surface area contributed by atoms with Crippen molar-refractivity contribution in [3.05, 3.63) is 48.3 Å². The standard InChI is InChI=1S/C27H34N2O4/c1-26-10-7-18(30)15-17(26)3-4-20-21-5-6-22(27(21,2)16-23(31)24(20)26)25(32)29-13-14-33-19-8-11-28-12-9-19/h7-12,15,20-24,31H,3-6,13-14,16H2,1-2H3,(H,29,32). The van der Waals surface area contributed by atoms with Gasteiger partial charge in [-0.3, -0.25) is 14.6 Å². The lowest BCUT2D eigenvalue weighted by molar-refractivity contribution is -0.140. The lowest BCUT2D eigenvalue weighted by Gasteiger charge is -2.58. The molecule has 7 atom stereocenters. The van der Waals surface area contributed by atoms with Crippen LogP contribution in [0.25, 0.3) is 0 Å². The molecule has 0 bridgehead atoms. The first-order chi connectivity index (χ1) is 15.8. The van der Waals surface area contributed by atoms with Crippen LogP contribution in [0.2, 0.25) is 0 Å². The fourth-order valence-corrected chi connectivity index (χ4v) is 7.66. The van der Waals surface area contributed by atoms with Gasteiger partial charge in [0.05, 0.1) is 12.6 Å². The van der Waals surface area contributed by atoms with E-state index in [1.165, 1.54) is 5.57 Å². The molecule has 176 valence electrons. The predicted molar refractivity (Wildman–Crippen MR) is 124 cm³/mol. The fraction of sp³-hybridized carbons (Fsp3) is 0.593. The third kappa shape index (κ3) is 3.72. The van der Waals surface area contributed by atoms with Gasteiger partial charge in [0.25, 0.3) is 0 Å². The number of aromatic nitrogens is 1. The number of nitrogens with one attached hydrogen (secondary N) is 1. The Labute approximate surface area is 195 Å². The third-order valence-corrected chi connectivity index (χ3v) is 9.13. The summed E-state index contributed by atoms with van der Waals surface area (Å²) in [4.78, 5) is 29.1. The van der Waals surface area contributed by atoms with E-state index in [9.17, 15) is 14.7 Å². The van der Waals surface area contributed by atoms with E-state index in [1.54, 1.807) is 36.7 Å². The molecular weight excluding hydrogens is 416 g/mol. The number of aliphatic hydroxyl groups is 1. The Kier molecular flexibility index (Phi) is 5.68. The Balaban J connectivity index is 1.27. The Bertz CT molecular complexity index is 989. The number of hydrogen-bond acceptors (Lipinski definition) is 5. The molecule has 33 heavy (non-hydrogen) atoms. The highest BCUT2D eigenvalue weighted by Gasteiger charge is 2.62. The molecule has 2 N–H and O–H groups in total. The predicted octanol–water partition coefficient (Wildman–Crippen LogP) is 3.47. The molecule has 0 spiro atoms. The van der Waals surface area contributed by atoms with Gasteiger partial charge in [0.2, 0.25) is 5.91 Å². The molecule has 0 aromatic carbocycles. The average molecular weight is 451 g/mol. The minimum absolute atomic E-state index is 0.0570. The molecule has 1 aromatic heterocycles. The van der Waals surface area contributed by atoms with Crippen molar-refractivity contribution in [3.8, 4) is 5.75 Å². The van der Waals surface area contributed by atoms with Crippen LogP contribution in [0.3, 0.4) is 0 Å². The smallest absolute Gasteiger partial charge is 0.223 e. The highest BCUT2D eigenvalue weighted by Crippen LogP contribution is 2.65. The van der Waals surface area contributed by atoms with Crippen LogP contribution >= 0.6 is 0 Å². The zero-order chi connectivity index (χ0) is 23.2. The molecule has 3 fully saturated rings. The van der Waals surface area contributed by atoms with Gasteiger partial charge < -0.3 is 15.2 Å². The highest BCUT2D eigenvalue weighted by molar-refractivity contribution is 6.01. The number of aliphatic hydroxyl groups excluding tert-OH is 1. The quantitative estimate of drug-likeness (QED) is 0.671. The number of pyridine rings is 1. The van der Waals surface area contributed by atoms with Crippen LogP contribution in [0.1, 0.15) is 46.0 Å². The summed E-state index contributed by atoms with van der Waals surface area (Å²) >= 11 is 0. The van der Waals surface area contributed by atoms with E-state index in [0.717, 1.165) is 31.4 Å².